The van der Waals surface area contributed by atoms with E-state index in [1.807, 2.05) is 18.2 Å². The molecule has 2 nitrogen and oxygen atoms in total. The van der Waals surface area contributed by atoms with E-state index in [4.69, 9.17) is 16.3 Å². The van der Waals surface area contributed by atoms with E-state index < -0.39 is 0 Å². The summed E-state index contributed by atoms with van der Waals surface area (Å²) in [6, 6.07) is 5.74. The number of anilines is 1. The summed E-state index contributed by atoms with van der Waals surface area (Å²) in [4.78, 5) is 0. The molecule has 1 aromatic carbocycles. The third-order valence-electron chi connectivity index (χ3n) is 2.72. The average Bonchev–Trinajstić information content (AvgIpc) is 2.32. The summed E-state index contributed by atoms with van der Waals surface area (Å²) in [5.41, 5.74) is 1.03. The van der Waals surface area contributed by atoms with Crippen molar-refractivity contribution in [3.63, 3.8) is 0 Å². The van der Waals surface area contributed by atoms with Gasteiger partial charge in [0.2, 0.25) is 0 Å². The van der Waals surface area contributed by atoms with Crippen LogP contribution in [0, 0.1) is 0 Å². The molecule has 0 aromatic heterocycles. The van der Waals surface area contributed by atoms with Crippen LogP contribution in [0.5, 0.6) is 0 Å². The van der Waals surface area contributed by atoms with Crippen molar-refractivity contribution in [3.05, 3.63) is 27.7 Å². The molecule has 1 fully saturated rings. The molecule has 0 amide bonds. The van der Waals surface area contributed by atoms with Gasteiger partial charge >= 0.3 is 0 Å². The number of hydrogen-bond acceptors (Lipinski definition) is 2. The molecule has 0 saturated carbocycles. The monoisotopic (exact) mass is 303 g/mol. The molecule has 4 heteroatoms. The summed E-state index contributed by atoms with van der Waals surface area (Å²) in [6.45, 7) is 1.74. The van der Waals surface area contributed by atoms with Gasteiger partial charge < -0.3 is 10.1 Å². The average molecular weight is 305 g/mol. The fourth-order valence-corrected chi connectivity index (χ4v) is 2.38. The summed E-state index contributed by atoms with van der Waals surface area (Å²) in [7, 11) is 0. The quantitative estimate of drug-likeness (QED) is 0.908. The van der Waals surface area contributed by atoms with Gasteiger partial charge in [-0.15, -0.1) is 0 Å². The van der Waals surface area contributed by atoms with Crippen molar-refractivity contribution in [2.75, 3.05) is 18.5 Å². The third kappa shape index (κ3) is 3.37. The first-order chi connectivity index (χ1) is 7.75. The van der Waals surface area contributed by atoms with E-state index in [0.29, 0.717) is 6.10 Å². The van der Waals surface area contributed by atoms with Crippen LogP contribution in [0.25, 0.3) is 0 Å². The Morgan fingerprint density at radius 1 is 1.44 bits per heavy atom. The molecule has 0 aliphatic carbocycles. The van der Waals surface area contributed by atoms with Gasteiger partial charge in [0.15, 0.2) is 0 Å². The minimum absolute atomic E-state index is 0.333. The number of rotatable bonds is 3. The van der Waals surface area contributed by atoms with Crippen molar-refractivity contribution in [2.45, 2.75) is 25.4 Å². The largest absolute Gasteiger partial charge is 0.381 e. The van der Waals surface area contributed by atoms with Crippen molar-refractivity contribution in [1.29, 1.82) is 0 Å². The minimum Gasteiger partial charge on any atom is -0.381 e. The highest BCUT2D eigenvalue weighted by atomic mass is 79.9. The molecule has 1 aromatic rings. The zero-order valence-corrected chi connectivity index (χ0v) is 11.4. The standard InChI is InChI=1S/C12H15BrClNO/c13-11-5-4-9(14)7-12(11)15-8-10-3-1-2-6-16-10/h4-5,7,10,15H,1-3,6,8H2. The van der Waals surface area contributed by atoms with Crippen LogP contribution < -0.4 is 5.32 Å². The van der Waals surface area contributed by atoms with Crippen LogP contribution >= 0.6 is 27.5 Å². The second-order valence-corrected chi connectivity index (χ2v) is 5.28. The van der Waals surface area contributed by atoms with Crippen LogP contribution in [0.4, 0.5) is 5.69 Å². The maximum atomic E-state index is 5.95. The number of halogens is 2. The molecular weight excluding hydrogens is 289 g/mol. The molecule has 1 aliphatic heterocycles. The molecule has 0 bridgehead atoms. The molecule has 1 unspecified atom stereocenters. The van der Waals surface area contributed by atoms with E-state index in [-0.39, 0.29) is 0 Å². The third-order valence-corrected chi connectivity index (χ3v) is 3.65. The van der Waals surface area contributed by atoms with Gasteiger partial charge in [0.25, 0.3) is 0 Å². The Labute approximate surface area is 109 Å². The van der Waals surface area contributed by atoms with Crippen molar-refractivity contribution < 1.29 is 4.74 Å². The van der Waals surface area contributed by atoms with Gasteiger partial charge in [-0.3, -0.25) is 0 Å². The highest BCUT2D eigenvalue weighted by molar-refractivity contribution is 9.10. The molecule has 2 rings (SSSR count). The van der Waals surface area contributed by atoms with Gasteiger partial charge in [0.1, 0.15) is 0 Å². The lowest BCUT2D eigenvalue weighted by Crippen LogP contribution is -2.27. The molecule has 0 radical (unpaired) electrons. The fourth-order valence-electron chi connectivity index (χ4n) is 1.83. The Kier molecular flexibility index (Phi) is 4.50. The molecule has 0 spiro atoms. The van der Waals surface area contributed by atoms with Gasteiger partial charge in [-0.1, -0.05) is 11.6 Å². The molecule has 1 aliphatic rings. The van der Waals surface area contributed by atoms with E-state index in [0.717, 1.165) is 34.8 Å². The zero-order valence-electron chi connectivity index (χ0n) is 9.01. The van der Waals surface area contributed by atoms with Crippen LogP contribution in [0.3, 0.4) is 0 Å². The van der Waals surface area contributed by atoms with E-state index >= 15 is 0 Å². The highest BCUT2D eigenvalue weighted by Gasteiger charge is 2.13. The zero-order chi connectivity index (χ0) is 11.4. The normalized spacial score (nSPS) is 20.8. The summed E-state index contributed by atoms with van der Waals surface area (Å²) in [5.74, 6) is 0. The number of benzene rings is 1. The summed E-state index contributed by atoms with van der Waals surface area (Å²) in [6.07, 6.45) is 3.94. The second kappa shape index (κ2) is 5.89. The van der Waals surface area contributed by atoms with Crippen LogP contribution in [-0.4, -0.2) is 19.3 Å². The Bertz CT molecular complexity index is 353. The molecule has 1 atom stereocenters. The maximum absolute atomic E-state index is 5.95. The summed E-state index contributed by atoms with van der Waals surface area (Å²) in [5, 5.41) is 4.11. The van der Waals surface area contributed by atoms with E-state index in [9.17, 15) is 0 Å². The predicted octanol–water partition coefficient (Wildman–Crippen LogP) is 4.08. The molecule has 1 N–H and O–H groups in total. The lowest BCUT2D eigenvalue weighted by Gasteiger charge is -2.23. The van der Waals surface area contributed by atoms with Crippen molar-refractivity contribution in [1.82, 2.24) is 0 Å². The second-order valence-electron chi connectivity index (χ2n) is 3.99. The molecule has 1 saturated heterocycles. The Balaban J connectivity index is 1.90. The van der Waals surface area contributed by atoms with E-state index in [1.54, 1.807) is 0 Å². The SMILES string of the molecule is Clc1ccc(Br)c(NCC2CCCCO2)c1. The minimum atomic E-state index is 0.333. The number of ether oxygens (including phenoxy) is 1. The Morgan fingerprint density at radius 3 is 3.06 bits per heavy atom. The topological polar surface area (TPSA) is 21.3 Å². The summed E-state index contributed by atoms with van der Waals surface area (Å²) >= 11 is 9.44. The summed E-state index contributed by atoms with van der Waals surface area (Å²) < 4.78 is 6.69. The van der Waals surface area contributed by atoms with E-state index in [2.05, 4.69) is 21.2 Å². The van der Waals surface area contributed by atoms with Gasteiger partial charge in [0.05, 0.1) is 6.10 Å². The lowest BCUT2D eigenvalue weighted by molar-refractivity contribution is 0.0247. The Hall–Kier alpha value is -0.250. The van der Waals surface area contributed by atoms with Crippen LogP contribution in [0.2, 0.25) is 5.02 Å². The molecule has 16 heavy (non-hydrogen) atoms. The first-order valence-corrected chi connectivity index (χ1v) is 6.73. The lowest BCUT2D eigenvalue weighted by atomic mass is 10.1. The first kappa shape index (κ1) is 12.2. The van der Waals surface area contributed by atoms with Crippen molar-refractivity contribution in [2.24, 2.45) is 0 Å². The van der Waals surface area contributed by atoms with Crippen molar-refractivity contribution >= 4 is 33.2 Å². The number of hydrogen-bond donors (Lipinski definition) is 1. The van der Waals surface area contributed by atoms with Crippen LogP contribution in [-0.2, 0) is 4.74 Å². The van der Waals surface area contributed by atoms with Gasteiger partial charge in [0, 0.05) is 28.3 Å². The van der Waals surface area contributed by atoms with Crippen LogP contribution in [0.15, 0.2) is 22.7 Å². The van der Waals surface area contributed by atoms with Gasteiger partial charge in [-0.05, 0) is 53.4 Å². The van der Waals surface area contributed by atoms with Gasteiger partial charge in [-0.2, -0.15) is 0 Å². The molecular formula is C12H15BrClNO. The number of nitrogens with one attached hydrogen (secondary N) is 1. The van der Waals surface area contributed by atoms with Crippen LogP contribution in [0.1, 0.15) is 19.3 Å². The first-order valence-electron chi connectivity index (χ1n) is 5.56. The van der Waals surface area contributed by atoms with Gasteiger partial charge in [-0.25, -0.2) is 0 Å². The molecule has 1 heterocycles. The molecule has 88 valence electrons. The van der Waals surface area contributed by atoms with Crippen molar-refractivity contribution in [3.8, 4) is 0 Å². The smallest absolute Gasteiger partial charge is 0.0747 e. The fraction of sp³-hybridized carbons (Fsp3) is 0.500. The Morgan fingerprint density at radius 2 is 2.31 bits per heavy atom. The highest BCUT2D eigenvalue weighted by Crippen LogP contribution is 2.26. The maximum Gasteiger partial charge on any atom is 0.0747 e. The predicted molar refractivity (Wildman–Crippen MR) is 71.2 cm³/mol. The van der Waals surface area contributed by atoms with E-state index in [1.165, 1.54) is 12.8 Å².